The second-order valence-corrected chi connectivity index (χ2v) is 6.30. The summed E-state index contributed by atoms with van der Waals surface area (Å²) < 4.78 is 7.37. The van der Waals surface area contributed by atoms with Crippen LogP contribution in [0.25, 0.3) is 0 Å². The van der Waals surface area contributed by atoms with Gasteiger partial charge in [-0.05, 0) is 33.6 Å². The molecule has 2 aromatic rings. The molecule has 0 saturated carbocycles. The van der Waals surface area contributed by atoms with Crippen molar-refractivity contribution in [2.24, 2.45) is 0 Å². The van der Waals surface area contributed by atoms with E-state index in [0.29, 0.717) is 17.9 Å². The van der Waals surface area contributed by atoms with Crippen molar-refractivity contribution in [1.82, 2.24) is 0 Å². The van der Waals surface area contributed by atoms with Gasteiger partial charge in [0, 0.05) is 16.5 Å². The van der Waals surface area contributed by atoms with Crippen LogP contribution in [0.15, 0.2) is 51.4 Å². The molecule has 110 valence electrons. The smallest absolute Gasteiger partial charge is 0.307 e. The third-order valence-electron chi connectivity index (χ3n) is 2.91. The van der Waals surface area contributed by atoms with E-state index in [4.69, 9.17) is 9.84 Å². The van der Waals surface area contributed by atoms with Crippen LogP contribution in [-0.2, 0) is 17.6 Å². The third-order valence-corrected chi connectivity index (χ3v) is 3.95. The lowest BCUT2D eigenvalue weighted by Crippen LogP contribution is -2.07. The second kappa shape index (κ2) is 7.61. The van der Waals surface area contributed by atoms with E-state index in [2.05, 4.69) is 31.9 Å². The van der Waals surface area contributed by atoms with E-state index >= 15 is 0 Å². The summed E-state index contributed by atoms with van der Waals surface area (Å²) in [4.78, 5) is 11.0. The van der Waals surface area contributed by atoms with E-state index in [1.165, 1.54) is 5.56 Å². The first kappa shape index (κ1) is 16.0. The predicted molar refractivity (Wildman–Crippen MR) is 88.8 cm³/mol. The Morgan fingerprint density at radius 3 is 2.52 bits per heavy atom. The molecule has 0 heterocycles. The van der Waals surface area contributed by atoms with Crippen LogP contribution in [0.3, 0.4) is 0 Å². The van der Waals surface area contributed by atoms with Gasteiger partial charge in [0.05, 0.1) is 17.5 Å². The summed E-state index contributed by atoms with van der Waals surface area (Å²) in [6, 6.07) is 13.7. The van der Waals surface area contributed by atoms with Crippen molar-refractivity contribution in [3.05, 3.63) is 62.5 Å². The van der Waals surface area contributed by atoms with Crippen molar-refractivity contribution in [3.8, 4) is 5.75 Å². The molecule has 0 aliphatic rings. The van der Waals surface area contributed by atoms with E-state index in [-0.39, 0.29) is 6.42 Å². The molecule has 3 nitrogen and oxygen atoms in total. The molecule has 0 radical (unpaired) electrons. The lowest BCUT2D eigenvalue weighted by Gasteiger charge is -2.13. The van der Waals surface area contributed by atoms with E-state index in [1.54, 1.807) is 6.07 Å². The minimum atomic E-state index is -0.882. The minimum absolute atomic E-state index is 0.0707. The quantitative estimate of drug-likeness (QED) is 0.760. The first-order valence-corrected chi connectivity index (χ1v) is 8.01. The molecule has 0 atom stereocenters. The Kier molecular flexibility index (Phi) is 5.82. The molecule has 0 aromatic heterocycles. The summed E-state index contributed by atoms with van der Waals surface area (Å²) in [7, 11) is 0. The summed E-state index contributed by atoms with van der Waals surface area (Å²) in [5.74, 6) is -0.288. The van der Waals surface area contributed by atoms with Crippen molar-refractivity contribution < 1.29 is 14.6 Å². The summed E-state index contributed by atoms with van der Waals surface area (Å²) in [5.41, 5.74) is 1.84. The third kappa shape index (κ3) is 4.86. The van der Waals surface area contributed by atoms with E-state index in [1.807, 2.05) is 36.4 Å². The summed E-state index contributed by atoms with van der Waals surface area (Å²) in [6.45, 7) is 0.497. The molecule has 0 spiro atoms. The van der Waals surface area contributed by atoms with Crippen molar-refractivity contribution in [3.63, 3.8) is 0 Å². The van der Waals surface area contributed by atoms with Crippen LogP contribution in [-0.4, -0.2) is 17.7 Å². The predicted octanol–water partition coefficient (Wildman–Crippen LogP) is 4.46. The van der Waals surface area contributed by atoms with Gasteiger partial charge >= 0.3 is 5.97 Å². The topological polar surface area (TPSA) is 46.5 Å². The number of carboxylic acids is 1. The van der Waals surface area contributed by atoms with Gasteiger partial charge in [0.15, 0.2) is 0 Å². The number of carbonyl (C=O) groups is 1. The molecule has 5 heteroatoms. The van der Waals surface area contributed by atoms with Gasteiger partial charge in [0.25, 0.3) is 0 Å². The van der Waals surface area contributed by atoms with Gasteiger partial charge in [0.1, 0.15) is 5.75 Å². The van der Waals surface area contributed by atoms with Gasteiger partial charge in [-0.25, -0.2) is 0 Å². The maximum atomic E-state index is 11.0. The number of benzene rings is 2. The molecular formula is C16H14Br2O3. The molecule has 0 aliphatic heterocycles. The Morgan fingerprint density at radius 2 is 1.86 bits per heavy atom. The molecule has 2 rings (SSSR count). The van der Waals surface area contributed by atoms with E-state index in [9.17, 15) is 4.79 Å². The van der Waals surface area contributed by atoms with Crippen LogP contribution >= 0.6 is 31.9 Å². The number of rotatable bonds is 6. The van der Waals surface area contributed by atoms with Crippen molar-refractivity contribution in [1.29, 1.82) is 0 Å². The standard InChI is InChI=1S/C16H14Br2O3/c17-13-8-12(9-15(19)20)16(14(18)10-13)21-7-6-11-4-2-1-3-5-11/h1-5,8,10H,6-7,9H2,(H,19,20). The average Bonchev–Trinajstić information content (AvgIpc) is 2.42. The molecule has 0 amide bonds. The Morgan fingerprint density at radius 1 is 1.14 bits per heavy atom. The Labute approximate surface area is 140 Å². The lowest BCUT2D eigenvalue weighted by atomic mass is 10.1. The van der Waals surface area contributed by atoms with Gasteiger partial charge in [-0.3, -0.25) is 4.79 Å². The highest BCUT2D eigenvalue weighted by atomic mass is 79.9. The number of hydrogen-bond donors (Lipinski definition) is 1. The maximum Gasteiger partial charge on any atom is 0.307 e. The lowest BCUT2D eigenvalue weighted by molar-refractivity contribution is -0.136. The van der Waals surface area contributed by atoms with Crippen molar-refractivity contribution in [2.75, 3.05) is 6.61 Å². The molecule has 0 unspecified atom stereocenters. The maximum absolute atomic E-state index is 11.0. The van der Waals surface area contributed by atoms with Crippen molar-refractivity contribution in [2.45, 2.75) is 12.8 Å². The molecule has 21 heavy (non-hydrogen) atoms. The summed E-state index contributed by atoms with van der Waals surface area (Å²) in [6.07, 6.45) is 0.703. The highest BCUT2D eigenvalue weighted by molar-refractivity contribution is 9.11. The van der Waals surface area contributed by atoms with Gasteiger partial charge in [-0.1, -0.05) is 46.3 Å². The van der Waals surface area contributed by atoms with Crippen LogP contribution in [0.5, 0.6) is 5.75 Å². The summed E-state index contributed by atoms with van der Waals surface area (Å²) in [5, 5.41) is 8.99. The Hall–Kier alpha value is -1.33. The zero-order valence-corrected chi connectivity index (χ0v) is 14.4. The molecule has 1 N–H and O–H groups in total. The number of hydrogen-bond acceptors (Lipinski definition) is 2. The Balaban J connectivity index is 2.09. The largest absolute Gasteiger partial charge is 0.492 e. The zero-order chi connectivity index (χ0) is 15.2. The number of carboxylic acid groups (broad SMARTS) is 1. The van der Waals surface area contributed by atoms with Crippen LogP contribution in [0, 0.1) is 0 Å². The van der Waals surface area contributed by atoms with Gasteiger partial charge in [0.2, 0.25) is 0 Å². The van der Waals surface area contributed by atoms with E-state index in [0.717, 1.165) is 15.4 Å². The molecule has 0 saturated heterocycles. The van der Waals surface area contributed by atoms with Gasteiger partial charge in [-0.2, -0.15) is 0 Å². The van der Waals surface area contributed by atoms with Crippen LogP contribution in [0.1, 0.15) is 11.1 Å². The van der Waals surface area contributed by atoms with Gasteiger partial charge in [-0.15, -0.1) is 0 Å². The van der Waals surface area contributed by atoms with Crippen molar-refractivity contribution >= 4 is 37.8 Å². The zero-order valence-electron chi connectivity index (χ0n) is 11.2. The highest BCUT2D eigenvalue weighted by Gasteiger charge is 2.13. The minimum Gasteiger partial charge on any atom is -0.492 e. The van der Waals surface area contributed by atoms with Gasteiger partial charge < -0.3 is 9.84 Å². The van der Waals surface area contributed by atoms with Crippen LogP contribution in [0.2, 0.25) is 0 Å². The molecular weight excluding hydrogens is 400 g/mol. The van der Waals surface area contributed by atoms with E-state index < -0.39 is 5.97 Å². The monoisotopic (exact) mass is 412 g/mol. The second-order valence-electron chi connectivity index (χ2n) is 4.53. The first-order chi connectivity index (χ1) is 10.1. The number of aliphatic carboxylic acids is 1. The number of halogens is 2. The first-order valence-electron chi connectivity index (χ1n) is 6.42. The normalized spacial score (nSPS) is 10.4. The molecule has 0 fully saturated rings. The SMILES string of the molecule is O=C(O)Cc1cc(Br)cc(Br)c1OCCc1ccccc1. The average molecular weight is 414 g/mol. The fourth-order valence-electron chi connectivity index (χ4n) is 1.99. The fourth-order valence-corrected chi connectivity index (χ4v) is 3.41. The van der Waals surface area contributed by atoms with Crippen LogP contribution in [0.4, 0.5) is 0 Å². The van der Waals surface area contributed by atoms with Crippen LogP contribution < -0.4 is 4.74 Å². The fraction of sp³-hybridized carbons (Fsp3) is 0.188. The highest BCUT2D eigenvalue weighted by Crippen LogP contribution is 2.33. The summed E-state index contributed by atoms with van der Waals surface area (Å²) >= 11 is 6.79. The molecule has 2 aromatic carbocycles. The Bertz CT molecular complexity index is 627. The molecule has 0 bridgehead atoms. The number of ether oxygens (including phenoxy) is 1. The molecule has 0 aliphatic carbocycles.